The van der Waals surface area contributed by atoms with Crippen LogP contribution in [0.3, 0.4) is 0 Å². The highest BCUT2D eigenvalue weighted by Gasteiger charge is 2.52. The normalized spacial score (nSPS) is 28.6. The van der Waals surface area contributed by atoms with Crippen molar-refractivity contribution in [1.29, 1.82) is 0 Å². The van der Waals surface area contributed by atoms with Crippen molar-refractivity contribution < 1.29 is 23.0 Å². The summed E-state index contributed by atoms with van der Waals surface area (Å²) in [6.07, 6.45) is 2.36. The molecule has 2 atom stereocenters. The van der Waals surface area contributed by atoms with Crippen molar-refractivity contribution in [3.8, 4) is 11.5 Å². The third-order valence-corrected chi connectivity index (χ3v) is 8.30. The molecule has 3 heterocycles. The number of aryl methyl sites for hydroxylation is 1. The third-order valence-electron chi connectivity index (χ3n) is 6.36. The van der Waals surface area contributed by atoms with Crippen molar-refractivity contribution in [2.24, 2.45) is 0 Å². The van der Waals surface area contributed by atoms with Gasteiger partial charge >= 0.3 is 0 Å². The van der Waals surface area contributed by atoms with Crippen LogP contribution in [0.25, 0.3) is 0 Å². The molecule has 0 saturated carbocycles. The number of hydrogen-bond donors (Lipinski definition) is 1. The van der Waals surface area contributed by atoms with E-state index >= 15 is 0 Å². The number of fused-ring (bicyclic) bond motifs is 3. The number of rotatable bonds is 4. The summed E-state index contributed by atoms with van der Waals surface area (Å²) in [5.41, 5.74) is 1.58. The van der Waals surface area contributed by atoms with Gasteiger partial charge in [0, 0.05) is 12.1 Å². The Bertz CT molecular complexity index is 1040. The number of benzene rings is 2. The Morgan fingerprint density at radius 2 is 1.79 bits per heavy atom. The molecule has 29 heavy (non-hydrogen) atoms. The molecule has 0 aliphatic carbocycles. The molecule has 3 aliphatic rings. The van der Waals surface area contributed by atoms with Crippen LogP contribution in [0.4, 0.5) is 0 Å². The fraction of sp³-hybridized carbons (Fsp3) is 0.455. The summed E-state index contributed by atoms with van der Waals surface area (Å²) in [5.74, 6) is 1.32. The maximum atomic E-state index is 13.2. The van der Waals surface area contributed by atoms with Crippen LogP contribution >= 0.6 is 0 Å². The fourth-order valence-electron chi connectivity index (χ4n) is 5.15. The monoisotopic (exact) mass is 415 g/mol. The minimum Gasteiger partial charge on any atom is -0.454 e. The molecule has 3 aliphatic heterocycles. The second kappa shape index (κ2) is 6.72. The van der Waals surface area contributed by atoms with E-state index in [9.17, 15) is 13.5 Å². The summed E-state index contributed by atoms with van der Waals surface area (Å²) in [6.45, 7) is 2.15. The molecule has 0 spiro atoms. The molecular formula is C22H25NO5S. The summed E-state index contributed by atoms with van der Waals surface area (Å²) in [5, 5.41) is 11.4. The van der Waals surface area contributed by atoms with Crippen LogP contribution in [0, 0.1) is 6.92 Å². The second-order valence-corrected chi connectivity index (χ2v) is 10.3. The highest BCUT2D eigenvalue weighted by molar-refractivity contribution is 7.88. The molecule has 2 saturated heterocycles. The van der Waals surface area contributed by atoms with Gasteiger partial charge in [0.15, 0.2) is 11.5 Å². The first-order chi connectivity index (χ1) is 13.8. The van der Waals surface area contributed by atoms with Gasteiger partial charge in [-0.3, -0.25) is 0 Å². The van der Waals surface area contributed by atoms with Crippen LogP contribution in [-0.4, -0.2) is 36.7 Å². The third kappa shape index (κ3) is 3.31. The van der Waals surface area contributed by atoms with Gasteiger partial charge in [-0.15, -0.1) is 0 Å². The Hall–Kier alpha value is -2.09. The molecule has 0 radical (unpaired) electrons. The number of piperidine rings is 1. The molecule has 2 aromatic carbocycles. The van der Waals surface area contributed by atoms with Crippen LogP contribution < -0.4 is 9.47 Å². The van der Waals surface area contributed by atoms with Crippen molar-refractivity contribution in [2.75, 3.05) is 6.79 Å². The zero-order valence-electron chi connectivity index (χ0n) is 16.4. The molecule has 5 rings (SSSR count). The van der Waals surface area contributed by atoms with Gasteiger partial charge in [-0.25, -0.2) is 8.42 Å². The van der Waals surface area contributed by atoms with Crippen LogP contribution in [0.1, 0.15) is 42.4 Å². The van der Waals surface area contributed by atoms with Gasteiger partial charge in [0.1, 0.15) is 0 Å². The predicted octanol–water partition coefficient (Wildman–Crippen LogP) is 3.07. The molecule has 6 nitrogen and oxygen atoms in total. The SMILES string of the molecule is Cc1cccc(CS(=O)(=O)N2C3CCC2CC(O)(c2ccc4c(c2)OCO4)C3)c1. The molecule has 0 aromatic heterocycles. The summed E-state index contributed by atoms with van der Waals surface area (Å²) in [4.78, 5) is 0. The molecular weight excluding hydrogens is 390 g/mol. The number of nitrogens with zero attached hydrogens (tertiary/aromatic N) is 1. The molecule has 2 fully saturated rings. The summed E-state index contributed by atoms with van der Waals surface area (Å²) in [7, 11) is -3.45. The Morgan fingerprint density at radius 1 is 1.07 bits per heavy atom. The van der Waals surface area contributed by atoms with E-state index in [1.165, 1.54) is 0 Å². The highest BCUT2D eigenvalue weighted by Crippen LogP contribution is 2.48. The maximum Gasteiger partial charge on any atom is 0.231 e. The topological polar surface area (TPSA) is 76.1 Å². The lowest BCUT2D eigenvalue weighted by molar-refractivity contribution is -0.0341. The minimum absolute atomic E-state index is 0.00410. The molecule has 1 N–H and O–H groups in total. The lowest BCUT2D eigenvalue weighted by Gasteiger charge is -2.43. The standard InChI is InChI=1S/C22H25NO5S/c1-15-3-2-4-16(9-15)13-29(25,26)23-18-6-7-19(23)12-22(24,11-18)17-5-8-20-21(10-17)28-14-27-20/h2-5,8-10,18-19,24H,6-7,11-14H2,1H3. The first kappa shape index (κ1) is 18.9. The Balaban J connectivity index is 1.40. The largest absolute Gasteiger partial charge is 0.454 e. The average Bonchev–Trinajstić information content (AvgIpc) is 3.24. The van der Waals surface area contributed by atoms with Crippen molar-refractivity contribution in [3.63, 3.8) is 0 Å². The molecule has 154 valence electrons. The van der Waals surface area contributed by atoms with Crippen LogP contribution in [0.5, 0.6) is 11.5 Å². The first-order valence-corrected chi connectivity index (χ1v) is 11.6. The van der Waals surface area contributed by atoms with E-state index < -0.39 is 15.6 Å². The van der Waals surface area contributed by atoms with Crippen LogP contribution in [0.2, 0.25) is 0 Å². The van der Waals surface area contributed by atoms with E-state index in [1.807, 2.05) is 49.4 Å². The van der Waals surface area contributed by atoms with E-state index in [0.29, 0.717) is 24.3 Å². The van der Waals surface area contributed by atoms with Gasteiger partial charge < -0.3 is 14.6 Å². The molecule has 7 heteroatoms. The number of aliphatic hydroxyl groups is 1. The molecule has 0 amide bonds. The average molecular weight is 416 g/mol. The highest BCUT2D eigenvalue weighted by atomic mass is 32.2. The number of hydrogen-bond acceptors (Lipinski definition) is 5. The Labute approximate surface area is 171 Å². The summed E-state index contributed by atoms with van der Waals surface area (Å²) < 4.78 is 39.0. The number of ether oxygens (including phenoxy) is 2. The predicted molar refractivity (Wildman–Crippen MR) is 108 cm³/mol. The van der Waals surface area contributed by atoms with Gasteiger partial charge in [0.25, 0.3) is 0 Å². The van der Waals surface area contributed by atoms with Crippen molar-refractivity contribution in [2.45, 2.75) is 56.0 Å². The lowest BCUT2D eigenvalue weighted by Crippen LogP contribution is -2.52. The summed E-state index contributed by atoms with van der Waals surface area (Å²) in [6, 6.07) is 12.8. The van der Waals surface area contributed by atoms with Crippen molar-refractivity contribution in [1.82, 2.24) is 4.31 Å². The Kier molecular flexibility index (Phi) is 4.38. The maximum absolute atomic E-state index is 13.2. The zero-order valence-corrected chi connectivity index (χ0v) is 17.2. The summed E-state index contributed by atoms with van der Waals surface area (Å²) >= 11 is 0. The van der Waals surface area contributed by atoms with E-state index in [4.69, 9.17) is 9.47 Å². The van der Waals surface area contributed by atoms with Crippen molar-refractivity contribution >= 4 is 10.0 Å². The fourth-order valence-corrected chi connectivity index (χ4v) is 7.17. The smallest absolute Gasteiger partial charge is 0.231 e. The first-order valence-electron chi connectivity index (χ1n) is 10.0. The zero-order chi connectivity index (χ0) is 20.2. The van der Waals surface area contributed by atoms with Gasteiger partial charge in [-0.2, -0.15) is 4.31 Å². The lowest BCUT2D eigenvalue weighted by atomic mass is 9.81. The van der Waals surface area contributed by atoms with Crippen LogP contribution in [-0.2, 0) is 21.4 Å². The van der Waals surface area contributed by atoms with Gasteiger partial charge in [-0.05, 0) is 55.9 Å². The van der Waals surface area contributed by atoms with Crippen LogP contribution in [0.15, 0.2) is 42.5 Å². The van der Waals surface area contributed by atoms with E-state index in [2.05, 4.69) is 0 Å². The molecule has 2 bridgehead atoms. The van der Waals surface area contributed by atoms with Crippen molar-refractivity contribution in [3.05, 3.63) is 59.2 Å². The van der Waals surface area contributed by atoms with E-state index in [-0.39, 0.29) is 24.6 Å². The molecule has 2 aromatic rings. The second-order valence-electron chi connectivity index (χ2n) is 8.47. The van der Waals surface area contributed by atoms with E-state index in [0.717, 1.165) is 29.5 Å². The van der Waals surface area contributed by atoms with E-state index in [1.54, 1.807) is 4.31 Å². The Morgan fingerprint density at radius 3 is 2.52 bits per heavy atom. The van der Waals surface area contributed by atoms with Gasteiger partial charge in [0.2, 0.25) is 16.8 Å². The quantitative estimate of drug-likeness (QED) is 0.831. The van der Waals surface area contributed by atoms with Gasteiger partial charge in [0.05, 0.1) is 11.4 Å². The van der Waals surface area contributed by atoms with Gasteiger partial charge in [-0.1, -0.05) is 35.9 Å². The number of sulfonamides is 1. The minimum atomic E-state index is -3.45. The molecule has 2 unspecified atom stereocenters.